The van der Waals surface area contributed by atoms with E-state index in [0.717, 1.165) is 17.5 Å². The number of nitrogens with one attached hydrogen (secondary N) is 2. The molecule has 1 amide bonds. The minimum atomic E-state index is -3.74. The molecule has 0 saturated carbocycles. The van der Waals surface area contributed by atoms with Gasteiger partial charge < -0.3 is 10.1 Å². The highest BCUT2D eigenvalue weighted by atomic mass is 32.2. The molecule has 0 fully saturated rings. The lowest BCUT2D eigenvalue weighted by molar-refractivity contribution is 0.0954. The summed E-state index contributed by atoms with van der Waals surface area (Å²) in [7, 11) is -2.21. The molecule has 6 nitrogen and oxygen atoms in total. The first-order valence-corrected chi connectivity index (χ1v) is 11.0. The fourth-order valence-electron chi connectivity index (χ4n) is 2.99. The van der Waals surface area contributed by atoms with Gasteiger partial charge in [0.15, 0.2) is 0 Å². The molecular weight excluding hydrogens is 400 g/mol. The molecule has 3 aromatic carbocycles. The van der Waals surface area contributed by atoms with Gasteiger partial charge in [-0.3, -0.25) is 9.52 Å². The highest BCUT2D eigenvalue weighted by Gasteiger charge is 2.16. The summed E-state index contributed by atoms with van der Waals surface area (Å²) in [6, 6.07) is 20.9. The van der Waals surface area contributed by atoms with Gasteiger partial charge >= 0.3 is 0 Å². The van der Waals surface area contributed by atoms with Gasteiger partial charge in [0.1, 0.15) is 5.75 Å². The number of hydrogen-bond donors (Lipinski definition) is 2. The van der Waals surface area contributed by atoms with E-state index >= 15 is 0 Å². The van der Waals surface area contributed by atoms with Gasteiger partial charge in [-0.25, -0.2) is 8.42 Å². The Balaban J connectivity index is 1.60. The second-order valence-electron chi connectivity index (χ2n) is 6.81. The number of carbonyl (C=O) groups excluding carboxylic acids is 1. The predicted molar refractivity (Wildman–Crippen MR) is 117 cm³/mol. The molecule has 0 bridgehead atoms. The van der Waals surface area contributed by atoms with Gasteiger partial charge in [0.05, 0.1) is 12.0 Å². The van der Waals surface area contributed by atoms with Crippen LogP contribution in [0.2, 0.25) is 0 Å². The van der Waals surface area contributed by atoms with Gasteiger partial charge in [-0.15, -0.1) is 0 Å². The first kappa shape index (κ1) is 21.4. The molecule has 2 N–H and O–H groups in total. The largest absolute Gasteiger partial charge is 0.496 e. The third-order valence-corrected chi connectivity index (χ3v) is 6.00. The zero-order valence-electron chi connectivity index (χ0n) is 16.9. The third kappa shape index (κ3) is 5.39. The SMILES string of the molecule is COc1ccc(S(=O)(=O)Nc2ccc(C(=O)NCCc3ccccc3)cc2)cc1C. The van der Waals surface area contributed by atoms with Crippen molar-refractivity contribution in [2.75, 3.05) is 18.4 Å². The molecule has 0 aromatic heterocycles. The Morgan fingerprint density at radius 1 is 0.967 bits per heavy atom. The number of benzene rings is 3. The second kappa shape index (κ2) is 9.45. The topological polar surface area (TPSA) is 84.5 Å². The van der Waals surface area contributed by atoms with Gasteiger partial charge in [0.2, 0.25) is 0 Å². The van der Waals surface area contributed by atoms with Crippen LogP contribution in [0.15, 0.2) is 77.7 Å². The van der Waals surface area contributed by atoms with Crippen molar-refractivity contribution in [1.82, 2.24) is 5.32 Å². The molecule has 0 spiro atoms. The van der Waals surface area contributed by atoms with E-state index in [4.69, 9.17) is 4.74 Å². The molecule has 3 aromatic rings. The lowest BCUT2D eigenvalue weighted by Crippen LogP contribution is -2.25. The van der Waals surface area contributed by atoms with E-state index < -0.39 is 10.0 Å². The van der Waals surface area contributed by atoms with E-state index in [9.17, 15) is 13.2 Å². The standard InChI is InChI=1S/C23H24N2O4S/c1-17-16-21(12-13-22(17)29-2)30(27,28)25-20-10-8-19(9-11-20)23(26)24-15-14-18-6-4-3-5-7-18/h3-13,16,25H,14-15H2,1-2H3,(H,24,26). The molecule has 0 unspecified atom stereocenters. The molecular formula is C23H24N2O4S. The number of carbonyl (C=O) groups is 1. The molecule has 156 valence electrons. The molecule has 0 radical (unpaired) electrons. The van der Waals surface area contributed by atoms with Gasteiger partial charge in [-0.1, -0.05) is 30.3 Å². The molecule has 0 atom stereocenters. The van der Waals surface area contributed by atoms with Crippen molar-refractivity contribution in [2.24, 2.45) is 0 Å². The Bertz CT molecular complexity index is 1110. The first-order valence-electron chi connectivity index (χ1n) is 9.49. The summed E-state index contributed by atoms with van der Waals surface area (Å²) in [5, 5.41) is 2.87. The summed E-state index contributed by atoms with van der Waals surface area (Å²) in [6.07, 6.45) is 0.742. The molecule has 30 heavy (non-hydrogen) atoms. The quantitative estimate of drug-likeness (QED) is 0.576. The Kier molecular flexibility index (Phi) is 6.74. The lowest BCUT2D eigenvalue weighted by atomic mass is 10.1. The maximum absolute atomic E-state index is 12.6. The summed E-state index contributed by atoms with van der Waals surface area (Å²) in [4.78, 5) is 12.4. The van der Waals surface area contributed by atoms with Gasteiger partial charge in [-0.05, 0) is 66.9 Å². The van der Waals surface area contributed by atoms with Crippen LogP contribution >= 0.6 is 0 Å². The molecule has 7 heteroatoms. The van der Waals surface area contributed by atoms with Crippen molar-refractivity contribution < 1.29 is 17.9 Å². The summed E-state index contributed by atoms with van der Waals surface area (Å²) < 4.78 is 32.9. The van der Waals surface area contributed by atoms with E-state index in [0.29, 0.717) is 23.5 Å². The van der Waals surface area contributed by atoms with Crippen molar-refractivity contribution >= 4 is 21.6 Å². The number of hydrogen-bond acceptors (Lipinski definition) is 4. The molecule has 0 saturated heterocycles. The summed E-state index contributed by atoms with van der Waals surface area (Å²) in [6.45, 7) is 2.30. The zero-order valence-corrected chi connectivity index (χ0v) is 17.7. The highest BCUT2D eigenvalue weighted by molar-refractivity contribution is 7.92. The Morgan fingerprint density at radius 2 is 1.67 bits per heavy atom. The minimum Gasteiger partial charge on any atom is -0.496 e. The normalized spacial score (nSPS) is 11.0. The first-order chi connectivity index (χ1) is 14.4. The number of sulfonamides is 1. The van der Waals surface area contributed by atoms with Crippen LogP contribution < -0.4 is 14.8 Å². The van der Waals surface area contributed by atoms with Crippen LogP contribution in [0, 0.1) is 6.92 Å². The monoisotopic (exact) mass is 424 g/mol. The molecule has 0 aliphatic carbocycles. The number of ether oxygens (including phenoxy) is 1. The second-order valence-corrected chi connectivity index (χ2v) is 8.49. The zero-order chi connectivity index (χ0) is 21.6. The highest BCUT2D eigenvalue weighted by Crippen LogP contribution is 2.23. The van der Waals surface area contributed by atoms with Gasteiger partial charge in [-0.2, -0.15) is 0 Å². The Labute approximate surface area is 177 Å². The summed E-state index contributed by atoms with van der Waals surface area (Å²) >= 11 is 0. The van der Waals surface area contributed by atoms with Gasteiger partial charge in [0, 0.05) is 17.8 Å². The van der Waals surface area contributed by atoms with Crippen LogP contribution in [-0.2, 0) is 16.4 Å². The van der Waals surface area contributed by atoms with Crippen LogP contribution in [0.25, 0.3) is 0 Å². The maximum atomic E-state index is 12.6. The van der Waals surface area contributed by atoms with Crippen LogP contribution in [-0.4, -0.2) is 28.0 Å². The third-order valence-electron chi connectivity index (χ3n) is 4.62. The van der Waals surface area contributed by atoms with Crippen LogP contribution in [0.4, 0.5) is 5.69 Å². The van der Waals surface area contributed by atoms with E-state index in [2.05, 4.69) is 10.0 Å². The van der Waals surface area contributed by atoms with Crippen LogP contribution in [0.1, 0.15) is 21.5 Å². The fourth-order valence-corrected chi connectivity index (χ4v) is 4.13. The van der Waals surface area contributed by atoms with Crippen molar-refractivity contribution in [3.05, 3.63) is 89.5 Å². The number of methoxy groups -OCH3 is 1. The average molecular weight is 425 g/mol. The summed E-state index contributed by atoms with van der Waals surface area (Å²) in [5.74, 6) is 0.419. The van der Waals surface area contributed by atoms with E-state index in [1.165, 1.54) is 13.2 Å². The van der Waals surface area contributed by atoms with Gasteiger partial charge in [0.25, 0.3) is 15.9 Å². The van der Waals surface area contributed by atoms with E-state index in [-0.39, 0.29) is 10.8 Å². The van der Waals surface area contributed by atoms with Crippen molar-refractivity contribution in [3.8, 4) is 5.75 Å². The number of rotatable bonds is 8. The number of aryl methyl sites for hydroxylation is 1. The van der Waals surface area contributed by atoms with E-state index in [1.54, 1.807) is 43.3 Å². The maximum Gasteiger partial charge on any atom is 0.261 e. The van der Waals surface area contributed by atoms with Crippen molar-refractivity contribution in [3.63, 3.8) is 0 Å². The molecule has 0 heterocycles. The average Bonchev–Trinajstić information content (AvgIpc) is 2.74. The Hall–Kier alpha value is -3.32. The predicted octanol–water partition coefficient (Wildman–Crippen LogP) is 3.78. The fraction of sp³-hybridized carbons (Fsp3) is 0.174. The molecule has 3 rings (SSSR count). The molecule has 0 aliphatic heterocycles. The van der Waals surface area contributed by atoms with Crippen molar-refractivity contribution in [1.29, 1.82) is 0 Å². The number of amides is 1. The summed E-state index contributed by atoms with van der Waals surface area (Å²) in [5.41, 5.74) is 2.72. The van der Waals surface area contributed by atoms with Crippen molar-refractivity contribution in [2.45, 2.75) is 18.2 Å². The lowest BCUT2D eigenvalue weighted by Gasteiger charge is -2.11. The van der Waals surface area contributed by atoms with Crippen LogP contribution in [0.3, 0.4) is 0 Å². The van der Waals surface area contributed by atoms with Crippen LogP contribution in [0.5, 0.6) is 5.75 Å². The number of anilines is 1. The minimum absolute atomic E-state index is 0.142. The van der Waals surface area contributed by atoms with E-state index in [1.807, 2.05) is 30.3 Å². The smallest absolute Gasteiger partial charge is 0.261 e. The Morgan fingerprint density at radius 3 is 2.30 bits per heavy atom. The molecule has 0 aliphatic rings.